The maximum Gasteiger partial charge on any atom is 0.400 e. The normalized spacial score (nSPS) is 21.6. The maximum absolute atomic E-state index is 14.5. The number of rotatable bonds is 0. The van der Waals surface area contributed by atoms with Crippen LogP contribution in [0, 0.1) is 6.92 Å². The summed E-state index contributed by atoms with van der Waals surface area (Å²) in [6.07, 6.45) is -4.37. The first-order valence-electron chi connectivity index (χ1n) is 9.14. The van der Waals surface area contributed by atoms with Crippen molar-refractivity contribution in [2.75, 3.05) is 0 Å². The molecule has 0 amide bonds. The quantitative estimate of drug-likeness (QED) is 0.306. The van der Waals surface area contributed by atoms with Crippen molar-refractivity contribution >= 4 is 27.2 Å². The van der Waals surface area contributed by atoms with Gasteiger partial charge in [0.2, 0.25) is 0 Å². The van der Waals surface area contributed by atoms with Crippen LogP contribution in [0.25, 0.3) is 27.2 Å². The standard InChI is InChI=1S/C23H20F3N/c1-13-9-10-16-20-19(13)15-8-6-5-7-14(15)17-11-12-18(27(17)20)22(4,21(16,2)3)23(24,25)26/h5-12H,1-4H3. The first-order valence-corrected chi connectivity index (χ1v) is 9.14. The molecule has 138 valence electrons. The van der Waals surface area contributed by atoms with E-state index in [1.165, 1.54) is 6.92 Å². The summed E-state index contributed by atoms with van der Waals surface area (Å²) in [6.45, 7) is 6.83. The Morgan fingerprint density at radius 3 is 2.19 bits per heavy atom. The highest BCUT2D eigenvalue weighted by Gasteiger charge is 2.64. The van der Waals surface area contributed by atoms with E-state index in [9.17, 15) is 13.2 Å². The van der Waals surface area contributed by atoms with Gasteiger partial charge < -0.3 is 4.40 Å². The number of hydrogen-bond donors (Lipinski definition) is 0. The third-order valence-corrected chi connectivity index (χ3v) is 6.97. The Hall–Kier alpha value is -2.49. The van der Waals surface area contributed by atoms with E-state index >= 15 is 0 Å². The zero-order chi connectivity index (χ0) is 19.4. The van der Waals surface area contributed by atoms with Gasteiger partial charge in [0.15, 0.2) is 0 Å². The predicted octanol–water partition coefficient (Wildman–Crippen LogP) is 6.67. The second-order valence-corrected chi connectivity index (χ2v) is 8.39. The Bertz CT molecular complexity index is 1260. The summed E-state index contributed by atoms with van der Waals surface area (Å²) in [7, 11) is 0. The average molecular weight is 367 g/mol. The summed E-state index contributed by atoms with van der Waals surface area (Å²) in [6, 6.07) is 15.4. The lowest BCUT2D eigenvalue weighted by Crippen LogP contribution is -2.55. The van der Waals surface area contributed by atoms with Gasteiger partial charge in [-0.05, 0) is 42.5 Å². The predicted molar refractivity (Wildman–Crippen MR) is 104 cm³/mol. The van der Waals surface area contributed by atoms with Crippen molar-refractivity contribution in [2.45, 2.75) is 44.7 Å². The molecule has 0 N–H and O–H groups in total. The average Bonchev–Trinajstić information content (AvgIpc) is 3.04. The number of fused-ring (bicyclic) bond motifs is 3. The Balaban J connectivity index is 2.18. The molecule has 1 aliphatic heterocycles. The van der Waals surface area contributed by atoms with Crippen molar-refractivity contribution in [2.24, 2.45) is 0 Å². The molecule has 0 radical (unpaired) electrons. The lowest BCUT2D eigenvalue weighted by molar-refractivity contribution is -0.205. The van der Waals surface area contributed by atoms with Gasteiger partial charge in [-0.15, -0.1) is 0 Å². The van der Waals surface area contributed by atoms with Crippen LogP contribution < -0.4 is 0 Å². The van der Waals surface area contributed by atoms with Crippen LogP contribution in [0.5, 0.6) is 0 Å². The van der Waals surface area contributed by atoms with Gasteiger partial charge in [0, 0.05) is 21.9 Å². The smallest absolute Gasteiger partial charge is 0.312 e. The minimum Gasteiger partial charge on any atom is -0.312 e. The maximum atomic E-state index is 14.5. The molecule has 4 heteroatoms. The van der Waals surface area contributed by atoms with E-state index in [0.717, 1.165) is 38.3 Å². The van der Waals surface area contributed by atoms with E-state index in [4.69, 9.17) is 0 Å². The fraction of sp³-hybridized carbons (Fsp3) is 0.304. The van der Waals surface area contributed by atoms with Crippen molar-refractivity contribution in [1.29, 1.82) is 0 Å². The highest BCUT2D eigenvalue weighted by Crippen LogP contribution is 2.58. The number of aromatic nitrogens is 1. The minimum atomic E-state index is -4.37. The molecule has 0 spiro atoms. The molecule has 3 heterocycles. The van der Waals surface area contributed by atoms with E-state index in [2.05, 4.69) is 6.07 Å². The fourth-order valence-electron chi connectivity index (χ4n) is 5.06. The molecule has 0 saturated heterocycles. The molecule has 2 aromatic heterocycles. The van der Waals surface area contributed by atoms with Gasteiger partial charge in [-0.1, -0.05) is 50.2 Å². The van der Waals surface area contributed by atoms with Crippen LogP contribution in [0.4, 0.5) is 13.2 Å². The summed E-state index contributed by atoms with van der Waals surface area (Å²) in [5.41, 5.74) is 0.829. The van der Waals surface area contributed by atoms with E-state index in [1.807, 2.05) is 47.7 Å². The highest BCUT2D eigenvalue weighted by molar-refractivity contribution is 6.15. The van der Waals surface area contributed by atoms with Crippen molar-refractivity contribution in [3.05, 3.63) is 65.4 Å². The Labute approximate surface area is 155 Å². The second-order valence-electron chi connectivity index (χ2n) is 8.39. The SMILES string of the molecule is Cc1ccc2c3c1c1ccccc1c1ccc(n13)C(C)(C(F)(F)F)C2(C)C. The molecular weight excluding hydrogens is 347 g/mol. The molecule has 1 unspecified atom stereocenters. The van der Waals surface area contributed by atoms with Crippen LogP contribution in [0.2, 0.25) is 0 Å². The zero-order valence-corrected chi connectivity index (χ0v) is 15.7. The second kappa shape index (κ2) is 4.67. The largest absolute Gasteiger partial charge is 0.400 e. The first kappa shape index (κ1) is 16.7. The fourth-order valence-corrected chi connectivity index (χ4v) is 5.06. The number of nitrogens with zero attached hydrogens (tertiary/aromatic N) is 1. The number of aryl methyl sites for hydroxylation is 1. The van der Waals surface area contributed by atoms with Crippen LogP contribution in [0.1, 0.15) is 37.6 Å². The lowest BCUT2D eigenvalue weighted by atomic mass is 9.59. The minimum absolute atomic E-state index is 0.323. The molecule has 0 saturated carbocycles. The van der Waals surface area contributed by atoms with Gasteiger partial charge in [0.1, 0.15) is 5.41 Å². The molecule has 2 aromatic carbocycles. The summed E-state index contributed by atoms with van der Waals surface area (Å²) >= 11 is 0. The van der Waals surface area contributed by atoms with Crippen LogP contribution in [-0.2, 0) is 10.8 Å². The third kappa shape index (κ3) is 1.68. The van der Waals surface area contributed by atoms with Crippen LogP contribution in [-0.4, -0.2) is 10.6 Å². The van der Waals surface area contributed by atoms with Crippen molar-refractivity contribution < 1.29 is 13.2 Å². The van der Waals surface area contributed by atoms with E-state index < -0.39 is 17.0 Å². The number of alkyl halides is 3. The van der Waals surface area contributed by atoms with Crippen molar-refractivity contribution in [3.63, 3.8) is 0 Å². The number of halogens is 3. The molecule has 1 aliphatic rings. The molecule has 1 nitrogen and oxygen atoms in total. The van der Waals surface area contributed by atoms with E-state index in [-0.39, 0.29) is 0 Å². The van der Waals surface area contributed by atoms with Crippen LogP contribution in [0.15, 0.2) is 48.5 Å². The van der Waals surface area contributed by atoms with Gasteiger partial charge in [-0.2, -0.15) is 13.2 Å². The molecule has 0 aliphatic carbocycles. The van der Waals surface area contributed by atoms with Gasteiger partial charge in [-0.3, -0.25) is 0 Å². The number of hydrogen-bond acceptors (Lipinski definition) is 0. The summed E-state index contributed by atoms with van der Waals surface area (Å²) in [5, 5.41) is 3.13. The number of benzene rings is 2. The topological polar surface area (TPSA) is 4.41 Å². The van der Waals surface area contributed by atoms with Crippen LogP contribution in [0.3, 0.4) is 0 Å². The van der Waals surface area contributed by atoms with Crippen molar-refractivity contribution in [3.8, 4) is 0 Å². The van der Waals surface area contributed by atoms with E-state index in [0.29, 0.717) is 5.69 Å². The van der Waals surface area contributed by atoms with Crippen molar-refractivity contribution in [1.82, 2.24) is 4.40 Å². The Morgan fingerprint density at radius 2 is 1.52 bits per heavy atom. The third-order valence-electron chi connectivity index (χ3n) is 6.97. The molecule has 27 heavy (non-hydrogen) atoms. The molecular formula is C23H20F3N. The van der Waals surface area contributed by atoms with Gasteiger partial charge in [0.05, 0.1) is 11.0 Å². The molecule has 4 aromatic rings. The first-order chi connectivity index (χ1) is 12.6. The monoisotopic (exact) mass is 367 g/mol. The molecule has 1 atom stereocenters. The number of pyridine rings is 1. The Kier molecular flexibility index (Phi) is 2.88. The molecule has 0 fully saturated rings. The lowest BCUT2D eigenvalue weighted by Gasteiger charge is -2.49. The van der Waals surface area contributed by atoms with E-state index in [1.54, 1.807) is 19.9 Å². The summed E-state index contributed by atoms with van der Waals surface area (Å²) in [5.74, 6) is 0. The van der Waals surface area contributed by atoms with Gasteiger partial charge in [-0.25, -0.2) is 0 Å². The highest BCUT2D eigenvalue weighted by atomic mass is 19.4. The summed E-state index contributed by atoms with van der Waals surface area (Å²) in [4.78, 5) is 0. The van der Waals surface area contributed by atoms with Gasteiger partial charge in [0.25, 0.3) is 0 Å². The van der Waals surface area contributed by atoms with Crippen LogP contribution >= 0.6 is 0 Å². The molecule has 0 bridgehead atoms. The zero-order valence-electron chi connectivity index (χ0n) is 15.7. The molecule has 5 rings (SSSR count). The summed E-state index contributed by atoms with van der Waals surface area (Å²) < 4.78 is 45.3. The Morgan fingerprint density at radius 1 is 0.852 bits per heavy atom. The van der Waals surface area contributed by atoms with Gasteiger partial charge >= 0.3 is 6.18 Å².